The summed E-state index contributed by atoms with van der Waals surface area (Å²) >= 11 is 0. The lowest BCUT2D eigenvalue weighted by Gasteiger charge is -2.23. The monoisotopic (exact) mass is 239 g/mol. The Morgan fingerprint density at radius 2 is 2.47 bits per heavy atom. The van der Waals surface area contributed by atoms with Crippen LogP contribution in [0.2, 0.25) is 0 Å². The second-order valence-electron chi connectivity index (χ2n) is 4.26. The fraction of sp³-hybridized carbons (Fsp3) is 0.727. The van der Waals surface area contributed by atoms with Crippen LogP contribution in [0.5, 0.6) is 0 Å². The third-order valence-electron chi connectivity index (χ3n) is 2.96. The highest BCUT2D eigenvalue weighted by molar-refractivity contribution is 5.86. The van der Waals surface area contributed by atoms with Crippen LogP contribution in [0, 0.1) is 0 Å². The molecule has 1 saturated heterocycles. The molecule has 1 aromatic heterocycles. The second kappa shape index (κ2) is 5.27. The maximum Gasteiger partial charge on any atom is 0.358 e. The summed E-state index contributed by atoms with van der Waals surface area (Å²) < 4.78 is 7.15. The van der Waals surface area contributed by atoms with E-state index in [0.29, 0.717) is 13.0 Å². The van der Waals surface area contributed by atoms with E-state index in [1.165, 1.54) is 0 Å². The third kappa shape index (κ3) is 2.46. The van der Waals surface area contributed by atoms with Gasteiger partial charge in [-0.1, -0.05) is 18.6 Å². The Balaban J connectivity index is 2.28. The quantitative estimate of drug-likeness (QED) is 0.856. The lowest BCUT2D eigenvalue weighted by Crippen LogP contribution is -2.24. The zero-order chi connectivity index (χ0) is 12.3. The Bertz CT molecular complexity index is 397. The van der Waals surface area contributed by atoms with Crippen molar-refractivity contribution in [2.75, 3.05) is 13.2 Å². The van der Waals surface area contributed by atoms with Crippen LogP contribution >= 0.6 is 0 Å². The molecule has 6 nitrogen and oxygen atoms in total. The van der Waals surface area contributed by atoms with Crippen LogP contribution < -0.4 is 0 Å². The smallest absolute Gasteiger partial charge is 0.358 e. The second-order valence-corrected chi connectivity index (χ2v) is 4.26. The van der Waals surface area contributed by atoms with Crippen LogP contribution in [0.25, 0.3) is 0 Å². The highest BCUT2D eigenvalue weighted by Gasteiger charge is 2.24. The van der Waals surface area contributed by atoms with Crippen LogP contribution in [0.4, 0.5) is 0 Å². The Kier molecular flexibility index (Phi) is 3.73. The summed E-state index contributed by atoms with van der Waals surface area (Å²) in [5.41, 5.74) is 0.799. The van der Waals surface area contributed by atoms with Crippen molar-refractivity contribution in [3.05, 3.63) is 11.4 Å². The van der Waals surface area contributed by atoms with E-state index >= 15 is 0 Å². The molecule has 1 N–H and O–H groups in total. The van der Waals surface area contributed by atoms with Gasteiger partial charge < -0.3 is 9.84 Å². The minimum atomic E-state index is -1.00. The van der Waals surface area contributed by atoms with Crippen molar-refractivity contribution in [1.29, 1.82) is 0 Å². The lowest BCUT2D eigenvalue weighted by molar-refractivity contribution is 0.0531. The van der Waals surface area contributed by atoms with Gasteiger partial charge in [0.25, 0.3) is 0 Å². The fourth-order valence-corrected chi connectivity index (χ4v) is 2.16. The van der Waals surface area contributed by atoms with E-state index < -0.39 is 5.97 Å². The largest absolute Gasteiger partial charge is 0.476 e. The SMILES string of the molecule is CCCc1c(C(=O)O)nnn1C1CCCOC1. The van der Waals surface area contributed by atoms with Crippen LogP contribution in [0.15, 0.2) is 0 Å². The van der Waals surface area contributed by atoms with Crippen molar-refractivity contribution in [3.8, 4) is 0 Å². The predicted octanol–water partition coefficient (Wildman–Crippen LogP) is 1.28. The normalized spacial score (nSPS) is 20.4. The molecule has 1 atom stereocenters. The molecule has 1 unspecified atom stereocenters. The molecular formula is C11H17N3O3. The molecule has 2 heterocycles. The van der Waals surface area contributed by atoms with Gasteiger partial charge in [0.2, 0.25) is 0 Å². The average molecular weight is 239 g/mol. The first kappa shape index (κ1) is 12.0. The van der Waals surface area contributed by atoms with Crippen LogP contribution in [0.1, 0.15) is 48.4 Å². The fourth-order valence-electron chi connectivity index (χ4n) is 2.16. The Morgan fingerprint density at radius 1 is 1.65 bits per heavy atom. The molecule has 0 radical (unpaired) electrons. The Hall–Kier alpha value is -1.43. The number of aromatic carboxylic acids is 1. The average Bonchev–Trinajstić information content (AvgIpc) is 2.75. The van der Waals surface area contributed by atoms with Gasteiger partial charge in [-0.05, 0) is 19.3 Å². The standard InChI is InChI=1S/C11H17N3O3/c1-2-4-9-10(11(15)16)12-13-14(9)8-5-3-6-17-7-8/h8H,2-7H2,1H3,(H,15,16). The molecule has 0 bridgehead atoms. The number of aromatic nitrogens is 3. The predicted molar refractivity (Wildman–Crippen MR) is 60.1 cm³/mol. The van der Waals surface area contributed by atoms with Gasteiger partial charge in [0.1, 0.15) is 0 Å². The molecule has 0 amide bonds. The molecule has 1 aromatic rings. The number of ether oxygens (including phenoxy) is 1. The number of nitrogens with zero attached hydrogens (tertiary/aromatic N) is 3. The molecule has 0 aliphatic carbocycles. The van der Waals surface area contributed by atoms with Gasteiger partial charge in [-0.2, -0.15) is 0 Å². The van der Waals surface area contributed by atoms with Gasteiger partial charge in [-0.25, -0.2) is 9.48 Å². The van der Waals surface area contributed by atoms with E-state index in [2.05, 4.69) is 10.3 Å². The van der Waals surface area contributed by atoms with Gasteiger partial charge in [0, 0.05) is 6.61 Å². The molecular weight excluding hydrogens is 222 g/mol. The Labute approximate surface area is 99.6 Å². The summed E-state index contributed by atoms with van der Waals surface area (Å²) in [7, 11) is 0. The van der Waals surface area contributed by atoms with Crippen molar-refractivity contribution < 1.29 is 14.6 Å². The van der Waals surface area contributed by atoms with E-state index in [1.807, 2.05) is 6.92 Å². The molecule has 6 heteroatoms. The topological polar surface area (TPSA) is 77.2 Å². The van der Waals surface area contributed by atoms with Gasteiger partial charge in [0.05, 0.1) is 18.3 Å². The first-order chi connectivity index (χ1) is 8.24. The number of rotatable bonds is 4. The van der Waals surface area contributed by atoms with E-state index in [4.69, 9.17) is 9.84 Å². The third-order valence-corrected chi connectivity index (χ3v) is 2.96. The first-order valence-corrected chi connectivity index (χ1v) is 5.99. The van der Waals surface area contributed by atoms with Crippen molar-refractivity contribution in [3.63, 3.8) is 0 Å². The maximum absolute atomic E-state index is 11.0. The maximum atomic E-state index is 11.0. The minimum Gasteiger partial charge on any atom is -0.476 e. The van der Waals surface area contributed by atoms with Gasteiger partial charge in [-0.3, -0.25) is 0 Å². The summed E-state index contributed by atoms with van der Waals surface area (Å²) in [6, 6.07) is 0.130. The number of hydrogen-bond donors (Lipinski definition) is 1. The highest BCUT2D eigenvalue weighted by atomic mass is 16.5. The van der Waals surface area contributed by atoms with Gasteiger partial charge >= 0.3 is 5.97 Å². The van der Waals surface area contributed by atoms with Crippen molar-refractivity contribution in [2.45, 2.75) is 38.6 Å². The molecule has 94 valence electrons. The van der Waals surface area contributed by atoms with Gasteiger partial charge in [-0.15, -0.1) is 5.10 Å². The molecule has 0 spiro atoms. The molecule has 17 heavy (non-hydrogen) atoms. The zero-order valence-electron chi connectivity index (χ0n) is 9.93. The minimum absolute atomic E-state index is 0.0809. The van der Waals surface area contributed by atoms with E-state index in [9.17, 15) is 4.79 Å². The van der Waals surface area contributed by atoms with Crippen LogP contribution in [-0.2, 0) is 11.2 Å². The number of carboxylic acids is 1. The zero-order valence-corrected chi connectivity index (χ0v) is 9.93. The van der Waals surface area contributed by atoms with E-state index in [0.717, 1.165) is 31.6 Å². The summed E-state index contributed by atoms with van der Waals surface area (Å²) in [5.74, 6) is -1.00. The molecule has 0 saturated carbocycles. The highest BCUT2D eigenvalue weighted by Crippen LogP contribution is 2.22. The molecule has 1 aliphatic heterocycles. The van der Waals surface area contributed by atoms with Crippen LogP contribution in [-0.4, -0.2) is 39.3 Å². The number of hydrogen-bond acceptors (Lipinski definition) is 4. The summed E-state index contributed by atoms with van der Waals surface area (Å²) in [5, 5.41) is 16.8. The molecule has 1 aliphatic rings. The summed E-state index contributed by atoms with van der Waals surface area (Å²) in [6.45, 7) is 3.39. The summed E-state index contributed by atoms with van der Waals surface area (Å²) in [4.78, 5) is 11.0. The van der Waals surface area contributed by atoms with E-state index in [-0.39, 0.29) is 11.7 Å². The molecule has 0 aromatic carbocycles. The first-order valence-electron chi connectivity index (χ1n) is 5.99. The lowest BCUT2D eigenvalue weighted by atomic mass is 10.1. The van der Waals surface area contributed by atoms with Crippen molar-refractivity contribution in [2.24, 2.45) is 0 Å². The van der Waals surface area contributed by atoms with Gasteiger partial charge in [0.15, 0.2) is 5.69 Å². The van der Waals surface area contributed by atoms with Crippen molar-refractivity contribution >= 4 is 5.97 Å². The van der Waals surface area contributed by atoms with Crippen LogP contribution in [0.3, 0.4) is 0 Å². The Morgan fingerprint density at radius 3 is 3.06 bits per heavy atom. The number of carbonyl (C=O) groups is 1. The van der Waals surface area contributed by atoms with E-state index in [1.54, 1.807) is 4.68 Å². The van der Waals surface area contributed by atoms with Crippen molar-refractivity contribution in [1.82, 2.24) is 15.0 Å². The number of carboxylic acid groups (broad SMARTS) is 1. The molecule has 2 rings (SSSR count). The summed E-state index contributed by atoms with van der Waals surface area (Å²) in [6.07, 6.45) is 3.52. The molecule has 1 fully saturated rings.